The highest BCUT2D eigenvalue weighted by Gasteiger charge is 2.90. The van der Waals surface area contributed by atoms with Crippen LogP contribution in [0.2, 0.25) is 0 Å². The summed E-state index contributed by atoms with van der Waals surface area (Å²) in [7, 11) is 0. The fourth-order valence-electron chi connectivity index (χ4n) is 1.03. The Bertz CT molecular complexity index is 508. The van der Waals surface area contributed by atoms with Crippen LogP contribution in [0.15, 0.2) is 11.9 Å². The molecular formula is C8ClF15. The average molecular weight is 417 g/mol. The molecule has 0 atom stereocenters. The first-order valence-corrected chi connectivity index (χ1v) is 5.15. The summed E-state index contributed by atoms with van der Waals surface area (Å²) in [6.45, 7) is 0. The minimum absolute atomic E-state index is 3.36. The molecule has 0 saturated heterocycles. The second-order valence-corrected chi connectivity index (χ2v) is 4.42. The van der Waals surface area contributed by atoms with Crippen LogP contribution in [0.1, 0.15) is 0 Å². The highest BCUT2D eigenvalue weighted by molar-refractivity contribution is 6.22. The first kappa shape index (κ1) is 23.0. The van der Waals surface area contributed by atoms with Crippen molar-refractivity contribution >= 4 is 11.6 Å². The maximum absolute atomic E-state index is 12.8. The van der Waals surface area contributed by atoms with Gasteiger partial charge in [-0.1, -0.05) is 0 Å². The molecule has 0 bridgehead atoms. The number of hydrogen-bond donors (Lipinski definition) is 0. The van der Waals surface area contributed by atoms with E-state index in [4.69, 9.17) is 0 Å². The maximum atomic E-state index is 12.8. The van der Waals surface area contributed by atoms with Crippen LogP contribution in [-0.2, 0) is 0 Å². The maximum Gasteiger partial charge on any atom is 0.393 e. The summed E-state index contributed by atoms with van der Waals surface area (Å²) in [4.78, 5) is 0. The van der Waals surface area contributed by atoms with Gasteiger partial charge in [-0.15, -0.1) is 0 Å². The molecule has 0 amide bonds. The molecule has 0 rings (SSSR count). The summed E-state index contributed by atoms with van der Waals surface area (Å²) in [6.07, 6.45) is -4.38. The summed E-state index contributed by atoms with van der Waals surface area (Å²) < 4.78 is 186. The van der Waals surface area contributed by atoms with Crippen LogP contribution in [0, 0.1) is 0 Å². The van der Waals surface area contributed by atoms with Crippen molar-refractivity contribution in [1.29, 1.82) is 0 Å². The number of rotatable bonds is 6. The lowest BCUT2D eigenvalue weighted by molar-refractivity contribution is -0.414. The summed E-state index contributed by atoms with van der Waals surface area (Å²) in [6, 6.07) is 0. The molecule has 0 heterocycles. The van der Waals surface area contributed by atoms with Gasteiger partial charge in [0.2, 0.25) is 5.83 Å². The summed E-state index contributed by atoms with van der Waals surface area (Å²) >= 11 is 3.36. The average Bonchev–Trinajstić information content (AvgIpc) is 2.35. The van der Waals surface area contributed by atoms with Gasteiger partial charge in [-0.05, 0) is 11.6 Å². The predicted octanol–water partition coefficient (Wildman–Crippen LogP) is 6.07. The fraction of sp³-hybridized carbons (Fsp3) is 0.750. The molecule has 0 nitrogen and oxygen atoms in total. The molecule has 24 heavy (non-hydrogen) atoms. The van der Waals surface area contributed by atoms with Crippen molar-refractivity contribution in [1.82, 2.24) is 0 Å². The van der Waals surface area contributed by atoms with E-state index in [9.17, 15) is 65.9 Å². The van der Waals surface area contributed by atoms with E-state index in [1.54, 1.807) is 0 Å². The Kier molecular flexibility index (Phi) is 5.52. The Morgan fingerprint density at radius 3 is 1.04 bits per heavy atom. The molecule has 0 radical (unpaired) electrons. The number of hydrogen-bond acceptors (Lipinski definition) is 0. The summed E-state index contributed by atoms with van der Waals surface area (Å²) in [5, 5.41) is -6.66. The first-order valence-electron chi connectivity index (χ1n) is 4.77. The van der Waals surface area contributed by atoms with Crippen molar-refractivity contribution in [3.8, 4) is 0 Å². The Balaban J connectivity index is 6.47. The van der Waals surface area contributed by atoms with Crippen molar-refractivity contribution in [3.63, 3.8) is 0 Å². The van der Waals surface area contributed by atoms with Crippen molar-refractivity contribution in [2.45, 2.75) is 35.0 Å². The molecule has 16 heteroatoms. The zero-order valence-electron chi connectivity index (χ0n) is 10.0. The van der Waals surface area contributed by atoms with Gasteiger partial charge in [0.25, 0.3) is 0 Å². The van der Waals surface area contributed by atoms with Crippen molar-refractivity contribution in [2.75, 3.05) is 0 Å². The van der Waals surface area contributed by atoms with Crippen LogP contribution in [-0.4, -0.2) is 35.0 Å². The highest BCUT2D eigenvalue weighted by atomic mass is 35.5. The molecule has 0 N–H and O–H groups in total. The van der Waals surface area contributed by atoms with Gasteiger partial charge in [0.1, 0.15) is 0 Å². The second-order valence-electron chi connectivity index (χ2n) is 3.94. The standard InChI is InChI=1S/C8ClF15/c9-8(23,24)7(21,22)6(19,20)5(17,18)4(15,16)3(13,14)1(10)2(11)12. The lowest BCUT2D eigenvalue weighted by Crippen LogP contribution is -2.70. The van der Waals surface area contributed by atoms with Gasteiger partial charge in [0, 0.05) is 0 Å². The molecule has 144 valence electrons. The van der Waals surface area contributed by atoms with E-state index in [0.29, 0.717) is 0 Å². The van der Waals surface area contributed by atoms with Gasteiger partial charge < -0.3 is 0 Å². The summed E-state index contributed by atoms with van der Waals surface area (Å²) in [5.41, 5.74) is 0. The van der Waals surface area contributed by atoms with Gasteiger partial charge in [0.05, 0.1) is 0 Å². The largest absolute Gasteiger partial charge is 0.393 e. The fourth-order valence-corrected chi connectivity index (χ4v) is 1.14. The number of allylic oxidation sites excluding steroid dienone is 1. The van der Waals surface area contributed by atoms with Crippen LogP contribution in [0.3, 0.4) is 0 Å². The molecule has 0 aromatic carbocycles. The van der Waals surface area contributed by atoms with Crippen molar-refractivity contribution in [2.24, 2.45) is 0 Å². The smallest absolute Gasteiger partial charge is 0.199 e. The SMILES string of the molecule is FC(F)=C(F)C(F)(F)C(F)(F)C(F)(F)C(F)(F)C(F)(F)C(F)(F)Cl. The molecular weight excluding hydrogens is 417 g/mol. The minimum atomic E-state index is -8.15. The topological polar surface area (TPSA) is 0 Å². The van der Waals surface area contributed by atoms with E-state index >= 15 is 0 Å². The molecule has 0 unspecified atom stereocenters. The van der Waals surface area contributed by atoms with Crippen molar-refractivity contribution < 1.29 is 65.9 Å². The third kappa shape index (κ3) is 2.87. The van der Waals surface area contributed by atoms with E-state index in [0.717, 1.165) is 0 Å². The molecule has 0 spiro atoms. The Hall–Kier alpha value is -1.02. The Morgan fingerprint density at radius 1 is 0.500 bits per heavy atom. The van der Waals surface area contributed by atoms with E-state index in [1.165, 1.54) is 0 Å². The van der Waals surface area contributed by atoms with Crippen LogP contribution in [0.4, 0.5) is 65.9 Å². The van der Waals surface area contributed by atoms with Gasteiger partial charge in [-0.2, -0.15) is 65.9 Å². The van der Waals surface area contributed by atoms with Crippen LogP contribution in [0.25, 0.3) is 0 Å². The summed E-state index contributed by atoms with van der Waals surface area (Å²) in [5.74, 6) is -43.9. The third-order valence-electron chi connectivity index (χ3n) is 2.37. The van der Waals surface area contributed by atoms with Crippen LogP contribution >= 0.6 is 11.6 Å². The Morgan fingerprint density at radius 2 is 0.792 bits per heavy atom. The van der Waals surface area contributed by atoms with Gasteiger partial charge in [-0.25, -0.2) is 0 Å². The van der Waals surface area contributed by atoms with E-state index < -0.39 is 46.9 Å². The molecule has 0 aromatic heterocycles. The first-order chi connectivity index (χ1) is 10.1. The quantitative estimate of drug-likeness (QED) is 0.364. The van der Waals surface area contributed by atoms with Crippen LogP contribution in [0.5, 0.6) is 0 Å². The third-order valence-corrected chi connectivity index (χ3v) is 2.61. The zero-order valence-corrected chi connectivity index (χ0v) is 10.8. The minimum Gasteiger partial charge on any atom is -0.199 e. The lowest BCUT2D eigenvalue weighted by Gasteiger charge is -2.39. The Labute approximate surface area is 125 Å². The zero-order chi connectivity index (χ0) is 20.2. The van der Waals surface area contributed by atoms with Gasteiger partial charge >= 0.3 is 41.1 Å². The molecule has 0 aliphatic rings. The molecule has 0 aromatic rings. The van der Waals surface area contributed by atoms with Gasteiger partial charge in [-0.3, -0.25) is 0 Å². The highest BCUT2D eigenvalue weighted by Crippen LogP contribution is 2.61. The number of alkyl halides is 13. The molecule has 0 fully saturated rings. The van der Waals surface area contributed by atoms with E-state index in [2.05, 4.69) is 11.6 Å². The van der Waals surface area contributed by atoms with Gasteiger partial charge in [0.15, 0.2) is 0 Å². The number of halogens is 16. The molecule has 0 saturated carbocycles. The van der Waals surface area contributed by atoms with E-state index in [1.807, 2.05) is 0 Å². The molecule has 0 aliphatic carbocycles. The monoisotopic (exact) mass is 416 g/mol. The molecule has 0 aliphatic heterocycles. The second kappa shape index (κ2) is 5.76. The van der Waals surface area contributed by atoms with E-state index in [-0.39, 0.29) is 0 Å². The van der Waals surface area contributed by atoms with Crippen LogP contribution < -0.4 is 0 Å². The lowest BCUT2D eigenvalue weighted by atomic mass is 9.94. The normalized spacial score (nSPS) is 15.5. The van der Waals surface area contributed by atoms with Crippen molar-refractivity contribution in [3.05, 3.63) is 11.9 Å². The predicted molar refractivity (Wildman–Crippen MR) is 45.9 cm³/mol.